The SMILES string of the molecule is CCNC(C)(C#N)CCN1CCCN(C)CC1. The van der Waals surface area contributed by atoms with Gasteiger partial charge in [-0.05, 0) is 46.4 Å². The van der Waals surface area contributed by atoms with Crippen LogP contribution >= 0.6 is 0 Å². The monoisotopic (exact) mass is 238 g/mol. The lowest BCUT2D eigenvalue weighted by Gasteiger charge is -2.27. The van der Waals surface area contributed by atoms with Crippen LogP contribution in [-0.2, 0) is 0 Å². The quantitative estimate of drug-likeness (QED) is 0.773. The lowest BCUT2D eigenvalue weighted by molar-refractivity contribution is 0.250. The van der Waals surface area contributed by atoms with Gasteiger partial charge in [-0.3, -0.25) is 5.32 Å². The number of nitrogens with zero attached hydrogens (tertiary/aromatic N) is 3. The van der Waals surface area contributed by atoms with Gasteiger partial charge in [0.05, 0.1) is 6.07 Å². The molecule has 1 aliphatic rings. The highest BCUT2D eigenvalue weighted by Gasteiger charge is 2.23. The van der Waals surface area contributed by atoms with E-state index < -0.39 is 0 Å². The van der Waals surface area contributed by atoms with E-state index in [1.807, 2.05) is 6.92 Å². The number of nitrogens with one attached hydrogen (secondary N) is 1. The fraction of sp³-hybridized carbons (Fsp3) is 0.923. The van der Waals surface area contributed by atoms with Crippen molar-refractivity contribution in [2.24, 2.45) is 0 Å². The van der Waals surface area contributed by atoms with Gasteiger partial charge < -0.3 is 9.80 Å². The molecule has 4 nitrogen and oxygen atoms in total. The van der Waals surface area contributed by atoms with Crippen LogP contribution in [0.5, 0.6) is 0 Å². The minimum absolute atomic E-state index is 0.368. The maximum absolute atomic E-state index is 9.20. The second-order valence-corrected chi connectivity index (χ2v) is 5.22. The highest BCUT2D eigenvalue weighted by Crippen LogP contribution is 2.10. The summed E-state index contributed by atoms with van der Waals surface area (Å²) in [5.74, 6) is 0. The van der Waals surface area contributed by atoms with Crippen molar-refractivity contribution in [2.75, 3.05) is 46.3 Å². The average molecular weight is 238 g/mol. The van der Waals surface area contributed by atoms with Crippen LogP contribution in [0.25, 0.3) is 0 Å². The first kappa shape index (κ1) is 14.4. The van der Waals surface area contributed by atoms with Gasteiger partial charge in [-0.25, -0.2) is 0 Å². The molecule has 1 N–H and O–H groups in total. The van der Waals surface area contributed by atoms with Crippen LogP contribution in [0.1, 0.15) is 26.7 Å². The van der Waals surface area contributed by atoms with Gasteiger partial charge in [-0.15, -0.1) is 0 Å². The van der Waals surface area contributed by atoms with Crippen LogP contribution in [0.4, 0.5) is 0 Å². The van der Waals surface area contributed by atoms with Gasteiger partial charge >= 0.3 is 0 Å². The van der Waals surface area contributed by atoms with Crippen LogP contribution in [0.3, 0.4) is 0 Å². The van der Waals surface area contributed by atoms with E-state index in [2.05, 4.69) is 35.2 Å². The van der Waals surface area contributed by atoms with Crippen LogP contribution < -0.4 is 5.32 Å². The van der Waals surface area contributed by atoms with Gasteiger partial charge in [0.25, 0.3) is 0 Å². The average Bonchev–Trinajstić information content (AvgIpc) is 2.52. The Labute approximate surface area is 106 Å². The molecule has 0 aromatic carbocycles. The second kappa shape index (κ2) is 6.95. The fourth-order valence-corrected chi connectivity index (χ4v) is 2.28. The Morgan fingerprint density at radius 1 is 1.29 bits per heavy atom. The van der Waals surface area contributed by atoms with E-state index in [-0.39, 0.29) is 5.54 Å². The Bertz CT molecular complexity index is 261. The predicted molar refractivity (Wildman–Crippen MR) is 70.9 cm³/mol. The van der Waals surface area contributed by atoms with Gasteiger partial charge in [-0.2, -0.15) is 5.26 Å². The van der Waals surface area contributed by atoms with E-state index in [1.165, 1.54) is 13.0 Å². The second-order valence-electron chi connectivity index (χ2n) is 5.22. The summed E-state index contributed by atoms with van der Waals surface area (Å²) in [7, 11) is 2.18. The zero-order valence-corrected chi connectivity index (χ0v) is 11.5. The lowest BCUT2D eigenvalue weighted by atomic mass is 9.99. The highest BCUT2D eigenvalue weighted by molar-refractivity contribution is 5.03. The largest absolute Gasteiger partial charge is 0.305 e. The molecule has 1 unspecified atom stereocenters. The topological polar surface area (TPSA) is 42.3 Å². The predicted octanol–water partition coefficient (Wildman–Crippen LogP) is 0.906. The maximum atomic E-state index is 9.20. The van der Waals surface area contributed by atoms with Crippen molar-refractivity contribution >= 4 is 0 Å². The van der Waals surface area contributed by atoms with Gasteiger partial charge in [0.2, 0.25) is 0 Å². The summed E-state index contributed by atoms with van der Waals surface area (Å²) in [5, 5.41) is 12.5. The summed E-state index contributed by atoms with van der Waals surface area (Å²) in [6.07, 6.45) is 2.14. The van der Waals surface area contributed by atoms with Crippen molar-refractivity contribution in [3.63, 3.8) is 0 Å². The standard InChI is InChI=1S/C13H26N4/c1-4-15-13(2,12-14)6-9-17-8-5-7-16(3)10-11-17/h15H,4-11H2,1-3H3. The Balaban J connectivity index is 2.36. The van der Waals surface area contributed by atoms with E-state index in [9.17, 15) is 5.26 Å². The molecule has 4 heteroatoms. The summed E-state index contributed by atoms with van der Waals surface area (Å²) in [6, 6.07) is 2.40. The Kier molecular flexibility index (Phi) is 5.90. The van der Waals surface area contributed by atoms with Crippen LogP contribution in [-0.4, -0.2) is 61.7 Å². The summed E-state index contributed by atoms with van der Waals surface area (Å²) in [5.41, 5.74) is -0.368. The van der Waals surface area contributed by atoms with E-state index in [4.69, 9.17) is 0 Å². The minimum atomic E-state index is -0.368. The van der Waals surface area contributed by atoms with Crippen LogP contribution in [0.2, 0.25) is 0 Å². The first-order valence-corrected chi connectivity index (χ1v) is 6.67. The molecule has 1 fully saturated rings. The number of nitriles is 1. The molecular formula is C13H26N4. The minimum Gasteiger partial charge on any atom is -0.305 e. The molecule has 1 heterocycles. The maximum Gasteiger partial charge on any atom is 0.105 e. The molecule has 0 radical (unpaired) electrons. The zero-order chi connectivity index (χ0) is 12.7. The Morgan fingerprint density at radius 3 is 2.71 bits per heavy atom. The van der Waals surface area contributed by atoms with E-state index >= 15 is 0 Å². The summed E-state index contributed by atoms with van der Waals surface area (Å²) >= 11 is 0. The van der Waals surface area contributed by atoms with E-state index in [1.54, 1.807) is 0 Å². The molecule has 1 saturated heterocycles. The number of likely N-dealkylation sites (N-methyl/N-ethyl adjacent to an activating group) is 1. The number of rotatable bonds is 5. The molecule has 1 aliphatic heterocycles. The third kappa shape index (κ3) is 5.03. The van der Waals surface area contributed by atoms with Gasteiger partial charge in [0.1, 0.15) is 5.54 Å². The molecule has 0 saturated carbocycles. The highest BCUT2D eigenvalue weighted by atomic mass is 15.2. The number of hydrogen-bond acceptors (Lipinski definition) is 4. The molecule has 0 bridgehead atoms. The molecule has 1 rings (SSSR count). The van der Waals surface area contributed by atoms with Crippen LogP contribution in [0, 0.1) is 11.3 Å². The van der Waals surface area contributed by atoms with Crippen molar-refractivity contribution in [3.8, 4) is 6.07 Å². The third-order valence-corrected chi connectivity index (χ3v) is 3.55. The van der Waals surface area contributed by atoms with Crippen molar-refractivity contribution in [2.45, 2.75) is 32.2 Å². The first-order valence-electron chi connectivity index (χ1n) is 6.67. The van der Waals surface area contributed by atoms with Crippen molar-refractivity contribution in [3.05, 3.63) is 0 Å². The zero-order valence-electron chi connectivity index (χ0n) is 11.5. The molecule has 0 aromatic rings. The molecule has 1 atom stereocenters. The molecule has 98 valence electrons. The summed E-state index contributed by atoms with van der Waals surface area (Å²) in [4.78, 5) is 4.87. The van der Waals surface area contributed by atoms with Crippen molar-refractivity contribution in [1.82, 2.24) is 15.1 Å². The number of hydrogen-bond donors (Lipinski definition) is 1. The van der Waals surface area contributed by atoms with E-state index in [0.29, 0.717) is 0 Å². The Hall–Kier alpha value is -0.630. The van der Waals surface area contributed by atoms with Crippen molar-refractivity contribution in [1.29, 1.82) is 5.26 Å². The third-order valence-electron chi connectivity index (χ3n) is 3.55. The smallest absolute Gasteiger partial charge is 0.105 e. The van der Waals surface area contributed by atoms with Gasteiger partial charge in [0, 0.05) is 19.6 Å². The molecule has 0 spiro atoms. The fourth-order valence-electron chi connectivity index (χ4n) is 2.28. The molecule has 0 aliphatic carbocycles. The summed E-state index contributed by atoms with van der Waals surface area (Å²) in [6.45, 7) is 10.6. The van der Waals surface area contributed by atoms with Crippen molar-refractivity contribution < 1.29 is 0 Å². The normalized spacial score (nSPS) is 22.7. The molecule has 0 aromatic heterocycles. The van der Waals surface area contributed by atoms with Gasteiger partial charge in [0.15, 0.2) is 0 Å². The van der Waals surface area contributed by atoms with Gasteiger partial charge in [-0.1, -0.05) is 6.92 Å². The van der Waals surface area contributed by atoms with E-state index in [0.717, 1.165) is 39.1 Å². The molecule has 17 heavy (non-hydrogen) atoms. The molecular weight excluding hydrogens is 212 g/mol. The van der Waals surface area contributed by atoms with Crippen LogP contribution in [0.15, 0.2) is 0 Å². The first-order chi connectivity index (χ1) is 8.09. The lowest BCUT2D eigenvalue weighted by Crippen LogP contribution is -2.44. The summed E-state index contributed by atoms with van der Waals surface area (Å²) < 4.78 is 0. The molecule has 0 amide bonds. The Morgan fingerprint density at radius 2 is 2.06 bits per heavy atom.